The van der Waals surface area contributed by atoms with Crippen molar-refractivity contribution in [1.29, 1.82) is 0 Å². The lowest BCUT2D eigenvalue weighted by atomic mass is 10.1. The summed E-state index contributed by atoms with van der Waals surface area (Å²) in [6, 6.07) is 10.7. The first-order valence-electron chi connectivity index (χ1n) is 8.45. The zero-order valence-corrected chi connectivity index (χ0v) is 16.6. The van der Waals surface area contributed by atoms with Crippen molar-refractivity contribution in [2.24, 2.45) is 0 Å². The largest absolute Gasteiger partial charge is 0.493 e. The molecule has 1 amide bonds. The Morgan fingerprint density at radius 2 is 1.74 bits per heavy atom. The van der Waals surface area contributed by atoms with Crippen molar-refractivity contribution in [3.63, 3.8) is 0 Å². The number of amides is 1. The second-order valence-electron chi connectivity index (χ2n) is 5.86. The second kappa shape index (κ2) is 8.88. The van der Waals surface area contributed by atoms with Gasteiger partial charge >= 0.3 is 0 Å². The smallest absolute Gasteiger partial charge is 0.242 e. The standard InChI is InChI=1S/C19H24N2O5S/c1-5-14-8-6-7-9-16(14)20-19(22)13(2)21-27(23,24)15-10-11-17(25-3)18(12-15)26-4/h6-13,21H,5H2,1-4H3,(H,20,22)/t13-/m0/s1. The fourth-order valence-corrected chi connectivity index (χ4v) is 3.75. The lowest BCUT2D eigenvalue weighted by Crippen LogP contribution is -2.41. The van der Waals surface area contributed by atoms with Crippen molar-refractivity contribution < 1.29 is 22.7 Å². The number of methoxy groups -OCH3 is 2. The van der Waals surface area contributed by atoms with Crippen LogP contribution in [0.25, 0.3) is 0 Å². The van der Waals surface area contributed by atoms with Gasteiger partial charge in [-0.15, -0.1) is 0 Å². The molecule has 0 saturated carbocycles. The highest BCUT2D eigenvalue weighted by atomic mass is 32.2. The van der Waals surface area contributed by atoms with Gasteiger partial charge in [0, 0.05) is 11.8 Å². The molecular weight excluding hydrogens is 368 g/mol. The van der Waals surface area contributed by atoms with Crippen LogP contribution in [0.3, 0.4) is 0 Å². The molecular formula is C19H24N2O5S. The number of hydrogen-bond donors (Lipinski definition) is 2. The van der Waals surface area contributed by atoms with Gasteiger partial charge in [-0.3, -0.25) is 4.79 Å². The SMILES string of the molecule is CCc1ccccc1NC(=O)[C@H](C)NS(=O)(=O)c1ccc(OC)c(OC)c1. The van der Waals surface area contributed by atoms with Crippen LogP contribution in [0.4, 0.5) is 5.69 Å². The fraction of sp³-hybridized carbons (Fsp3) is 0.316. The Hall–Kier alpha value is -2.58. The van der Waals surface area contributed by atoms with E-state index in [9.17, 15) is 13.2 Å². The molecule has 0 saturated heterocycles. The van der Waals surface area contributed by atoms with E-state index in [1.165, 1.54) is 39.3 Å². The highest BCUT2D eigenvalue weighted by Gasteiger charge is 2.23. The van der Waals surface area contributed by atoms with Crippen LogP contribution in [-0.2, 0) is 21.2 Å². The molecule has 27 heavy (non-hydrogen) atoms. The molecule has 2 aromatic rings. The van der Waals surface area contributed by atoms with Crippen LogP contribution in [0.5, 0.6) is 11.5 Å². The van der Waals surface area contributed by atoms with Gasteiger partial charge in [0.2, 0.25) is 15.9 Å². The fourth-order valence-electron chi connectivity index (χ4n) is 2.53. The number of nitrogens with one attached hydrogen (secondary N) is 2. The third kappa shape index (κ3) is 4.99. The Bertz CT molecular complexity index is 912. The number of carbonyl (C=O) groups excluding carboxylic acids is 1. The number of sulfonamides is 1. The maximum Gasteiger partial charge on any atom is 0.242 e. The molecule has 0 aliphatic heterocycles. The molecule has 0 spiro atoms. The minimum atomic E-state index is -3.92. The summed E-state index contributed by atoms with van der Waals surface area (Å²) < 4.78 is 37.8. The van der Waals surface area contributed by atoms with Crippen molar-refractivity contribution in [3.8, 4) is 11.5 Å². The summed E-state index contributed by atoms with van der Waals surface area (Å²) in [5.41, 5.74) is 1.64. The van der Waals surface area contributed by atoms with E-state index in [0.717, 1.165) is 12.0 Å². The lowest BCUT2D eigenvalue weighted by molar-refractivity contribution is -0.117. The van der Waals surface area contributed by atoms with E-state index in [0.29, 0.717) is 11.4 Å². The van der Waals surface area contributed by atoms with E-state index in [-0.39, 0.29) is 10.6 Å². The van der Waals surface area contributed by atoms with Crippen LogP contribution in [0.2, 0.25) is 0 Å². The lowest BCUT2D eigenvalue weighted by Gasteiger charge is -2.16. The summed E-state index contributed by atoms with van der Waals surface area (Å²) in [7, 11) is -1.03. The van der Waals surface area contributed by atoms with Gasteiger partial charge in [-0.25, -0.2) is 8.42 Å². The number of anilines is 1. The quantitative estimate of drug-likeness (QED) is 0.720. The van der Waals surface area contributed by atoms with Gasteiger partial charge in [0.05, 0.1) is 25.2 Å². The molecule has 0 fully saturated rings. The van der Waals surface area contributed by atoms with Crippen molar-refractivity contribution in [1.82, 2.24) is 4.72 Å². The van der Waals surface area contributed by atoms with E-state index >= 15 is 0 Å². The number of hydrogen-bond acceptors (Lipinski definition) is 5. The highest BCUT2D eigenvalue weighted by Crippen LogP contribution is 2.29. The Morgan fingerprint density at radius 3 is 2.37 bits per heavy atom. The summed E-state index contributed by atoms with van der Waals surface area (Å²) >= 11 is 0. The van der Waals surface area contributed by atoms with Crippen molar-refractivity contribution in [2.45, 2.75) is 31.2 Å². The molecule has 0 radical (unpaired) electrons. The molecule has 0 unspecified atom stereocenters. The maximum atomic E-state index is 12.6. The van der Waals surface area contributed by atoms with E-state index in [4.69, 9.17) is 9.47 Å². The van der Waals surface area contributed by atoms with E-state index in [2.05, 4.69) is 10.0 Å². The van der Waals surface area contributed by atoms with Crippen LogP contribution in [0, 0.1) is 0 Å². The Kier molecular flexibility index (Phi) is 6.81. The minimum absolute atomic E-state index is 0.0197. The normalized spacial score (nSPS) is 12.3. The van der Waals surface area contributed by atoms with Crippen molar-refractivity contribution in [2.75, 3.05) is 19.5 Å². The molecule has 2 aromatic carbocycles. The van der Waals surface area contributed by atoms with Crippen LogP contribution in [0.15, 0.2) is 47.4 Å². The van der Waals surface area contributed by atoms with Crippen molar-refractivity contribution in [3.05, 3.63) is 48.0 Å². The number of para-hydroxylation sites is 1. The van der Waals surface area contributed by atoms with Gasteiger partial charge in [-0.2, -0.15) is 4.72 Å². The molecule has 0 aliphatic rings. The Morgan fingerprint density at radius 1 is 1.07 bits per heavy atom. The van der Waals surface area contributed by atoms with E-state index in [1.807, 2.05) is 25.1 Å². The number of carbonyl (C=O) groups is 1. The van der Waals surface area contributed by atoms with Crippen LogP contribution in [0.1, 0.15) is 19.4 Å². The molecule has 2 N–H and O–H groups in total. The molecule has 0 heterocycles. The van der Waals surface area contributed by atoms with Gasteiger partial charge in [-0.05, 0) is 37.1 Å². The third-order valence-electron chi connectivity index (χ3n) is 4.05. The average Bonchev–Trinajstić information content (AvgIpc) is 2.67. The molecule has 146 valence electrons. The number of benzene rings is 2. The second-order valence-corrected chi connectivity index (χ2v) is 7.57. The summed E-state index contributed by atoms with van der Waals surface area (Å²) in [5.74, 6) is 0.257. The summed E-state index contributed by atoms with van der Waals surface area (Å²) in [4.78, 5) is 12.4. The predicted octanol–water partition coefficient (Wildman–Crippen LogP) is 2.57. The average molecular weight is 392 g/mol. The topological polar surface area (TPSA) is 93.7 Å². The molecule has 1 atom stereocenters. The van der Waals surface area contributed by atoms with Crippen LogP contribution in [-0.4, -0.2) is 34.6 Å². The molecule has 8 heteroatoms. The Balaban J connectivity index is 2.16. The van der Waals surface area contributed by atoms with E-state index < -0.39 is 22.0 Å². The molecule has 0 aromatic heterocycles. The predicted molar refractivity (Wildman–Crippen MR) is 104 cm³/mol. The van der Waals surface area contributed by atoms with Gasteiger partial charge in [0.25, 0.3) is 0 Å². The van der Waals surface area contributed by atoms with Gasteiger partial charge in [0.1, 0.15) is 0 Å². The minimum Gasteiger partial charge on any atom is -0.493 e. The van der Waals surface area contributed by atoms with Crippen molar-refractivity contribution >= 4 is 21.6 Å². The highest BCUT2D eigenvalue weighted by molar-refractivity contribution is 7.89. The molecule has 2 rings (SSSR count). The van der Waals surface area contributed by atoms with E-state index in [1.54, 1.807) is 6.07 Å². The first-order valence-corrected chi connectivity index (χ1v) is 9.93. The first kappa shape index (κ1) is 20.7. The summed E-state index contributed by atoms with van der Waals surface area (Å²) in [6.07, 6.45) is 0.752. The summed E-state index contributed by atoms with van der Waals surface area (Å²) in [5, 5.41) is 2.77. The third-order valence-corrected chi connectivity index (χ3v) is 5.59. The molecule has 0 aliphatic carbocycles. The monoisotopic (exact) mass is 392 g/mol. The van der Waals surface area contributed by atoms with Gasteiger partial charge in [0.15, 0.2) is 11.5 Å². The van der Waals surface area contributed by atoms with Gasteiger partial charge in [-0.1, -0.05) is 25.1 Å². The number of rotatable bonds is 8. The number of ether oxygens (including phenoxy) is 2. The zero-order valence-electron chi connectivity index (χ0n) is 15.8. The summed E-state index contributed by atoms with van der Waals surface area (Å²) in [6.45, 7) is 3.47. The molecule has 7 nitrogen and oxygen atoms in total. The van der Waals surface area contributed by atoms with Gasteiger partial charge < -0.3 is 14.8 Å². The van der Waals surface area contributed by atoms with Crippen LogP contribution < -0.4 is 19.5 Å². The zero-order chi connectivity index (χ0) is 20.0. The maximum absolute atomic E-state index is 12.6. The first-order chi connectivity index (χ1) is 12.8. The number of aryl methyl sites for hydroxylation is 1. The molecule has 0 bridgehead atoms. The van der Waals surface area contributed by atoms with Crippen LogP contribution >= 0.6 is 0 Å². The Labute approximate surface area is 159 Å².